The monoisotopic (exact) mass is 560 g/mol. The zero-order valence-electron chi connectivity index (χ0n) is 22.4. The van der Waals surface area contributed by atoms with Gasteiger partial charge in [-0.2, -0.15) is 13.2 Å². The Morgan fingerprint density at radius 1 is 1.18 bits per heavy atom. The first-order chi connectivity index (χ1) is 18.4. The van der Waals surface area contributed by atoms with Crippen LogP contribution < -0.4 is 10.1 Å². The van der Waals surface area contributed by atoms with Gasteiger partial charge >= 0.3 is 6.18 Å². The molecule has 9 heteroatoms. The molecule has 210 valence electrons. The molecule has 0 radical (unpaired) electrons. The molecule has 1 heterocycles. The summed E-state index contributed by atoms with van der Waals surface area (Å²) < 4.78 is 57.6. The molecule has 0 saturated carbocycles. The molecule has 0 saturated heterocycles. The van der Waals surface area contributed by atoms with Gasteiger partial charge in [0.2, 0.25) is 6.41 Å². The zero-order valence-corrected chi connectivity index (χ0v) is 23.2. The minimum atomic E-state index is -4.33. The Kier molecular flexibility index (Phi) is 11.8. The van der Waals surface area contributed by atoms with Gasteiger partial charge in [0.05, 0.1) is 15.3 Å². The van der Waals surface area contributed by atoms with Crippen LogP contribution in [-0.2, 0) is 33.8 Å². The number of nitrogens with zero attached hydrogens (tertiary/aromatic N) is 1. The quantitative estimate of drug-likeness (QED) is 0.157. The molecule has 0 bridgehead atoms. The highest BCUT2D eigenvalue weighted by atomic mass is 32.2. The number of rotatable bonds is 10. The van der Waals surface area contributed by atoms with E-state index in [0.717, 1.165) is 28.2 Å². The zero-order chi connectivity index (χ0) is 29.1. The fourth-order valence-corrected chi connectivity index (χ4v) is 5.47. The predicted molar refractivity (Wildman–Crippen MR) is 153 cm³/mol. The molecule has 0 spiro atoms. The lowest BCUT2D eigenvalue weighted by atomic mass is 10.1. The summed E-state index contributed by atoms with van der Waals surface area (Å²) in [6, 6.07) is 12.1. The molecule has 5 nitrogen and oxygen atoms in total. The maximum atomic E-state index is 12.8. The molecule has 1 N–H and O–H groups in total. The number of halogens is 3. The Hall–Kier alpha value is -3.56. The number of benzene rings is 2. The van der Waals surface area contributed by atoms with E-state index in [9.17, 15) is 22.2 Å². The van der Waals surface area contributed by atoms with Crippen molar-refractivity contribution in [1.82, 2.24) is 9.62 Å². The molecule has 2 atom stereocenters. The standard InChI is InChI=1S/C16H14F3NO2.C14H21NOS/c17-16(18,19)14-6-4-12(5-7-14)10-22-15-3-1-2-13(8-15)9-20-11-21;1-6-14(10-9-12(2)3)17(5,16)15-11-7-8-13(15)4/h1-8,11H,9-10H2,(H,20,21);6-10,13H,2,5,11H2,1,3-4H3/b;10-9-,14-6+. The van der Waals surface area contributed by atoms with E-state index in [1.165, 1.54) is 12.1 Å². The van der Waals surface area contributed by atoms with Crippen molar-refractivity contribution in [3.8, 4) is 5.75 Å². The van der Waals surface area contributed by atoms with Crippen LogP contribution >= 0.6 is 0 Å². The van der Waals surface area contributed by atoms with Crippen LogP contribution in [0.1, 0.15) is 37.5 Å². The summed E-state index contributed by atoms with van der Waals surface area (Å²) in [6.45, 7) is 10.9. The number of ether oxygens (including phenoxy) is 1. The molecule has 0 aromatic heterocycles. The number of carbonyl (C=O) groups is 1. The highest BCUT2D eigenvalue weighted by molar-refractivity contribution is 8.02. The normalized spacial score (nSPS) is 17.3. The van der Waals surface area contributed by atoms with Crippen molar-refractivity contribution in [2.75, 3.05) is 6.54 Å². The van der Waals surface area contributed by atoms with Gasteiger partial charge in [0.1, 0.15) is 12.4 Å². The Morgan fingerprint density at radius 2 is 1.87 bits per heavy atom. The smallest absolute Gasteiger partial charge is 0.416 e. The second-order valence-corrected chi connectivity index (χ2v) is 11.1. The number of amides is 1. The van der Waals surface area contributed by atoms with Gasteiger partial charge in [-0.05, 0) is 68.1 Å². The number of carbonyl (C=O) groups excluding carboxylic acids is 1. The van der Waals surface area contributed by atoms with Gasteiger partial charge in [0.25, 0.3) is 0 Å². The molecule has 2 unspecified atom stereocenters. The fourth-order valence-electron chi connectivity index (χ4n) is 3.62. The van der Waals surface area contributed by atoms with E-state index in [1.54, 1.807) is 18.2 Å². The van der Waals surface area contributed by atoms with Crippen molar-refractivity contribution in [1.29, 1.82) is 0 Å². The minimum absolute atomic E-state index is 0.169. The number of allylic oxidation sites excluding steroid dienone is 4. The lowest BCUT2D eigenvalue weighted by Gasteiger charge is -2.26. The van der Waals surface area contributed by atoms with E-state index in [4.69, 9.17) is 4.74 Å². The average Bonchev–Trinajstić information content (AvgIpc) is 3.33. The summed E-state index contributed by atoms with van der Waals surface area (Å²) in [5.74, 6) is 4.50. The molecule has 39 heavy (non-hydrogen) atoms. The summed E-state index contributed by atoms with van der Waals surface area (Å²) in [6.07, 6.45) is 5.94. The predicted octanol–water partition coefficient (Wildman–Crippen LogP) is 6.44. The molecule has 2 aromatic carbocycles. The van der Waals surface area contributed by atoms with E-state index >= 15 is 0 Å². The number of hydrogen-bond acceptors (Lipinski definition) is 3. The Labute approximate surface area is 229 Å². The molecule has 0 fully saturated rings. The summed E-state index contributed by atoms with van der Waals surface area (Å²) in [7, 11) is -2.39. The first-order valence-corrected chi connectivity index (χ1v) is 13.9. The van der Waals surface area contributed by atoms with E-state index in [1.807, 2.05) is 55.4 Å². The SMILES string of the molecule is C=C(C)/C=C\C(=C/C)S(=C)(=O)N1CC=CC1C.O=CNCc1cccc(OCc2ccc(C(F)(F)F)cc2)c1. The summed E-state index contributed by atoms with van der Waals surface area (Å²) in [4.78, 5) is 11.0. The second kappa shape index (κ2) is 14.6. The Bertz CT molecular complexity index is 1310. The second-order valence-electron chi connectivity index (χ2n) is 8.91. The van der Waals surface area contributed by atoms with E-state index in [2.05, 4.69) is 23.8 Å². The highest BCUT2D eigenvalue weighted by Crippen LogP contribution is 2.29. The minimum Gasteiger partial charge on any atom is -0.489 e. The van der Waals surface area contributed by atoms with Crippen LogP contribution in [-0.4, -0.2) is 33.4 Å². The molecule has 1 aliphatic heterocycles. The number of alkyl halides is 3. The van der Waals surface area contributed by atoms with Crippen molar-refractivity contribution in [2.45, 2.75) is 46.1 Å². The lowest BCUT2D eigenvalue weighted by Crippen LogP contribution is -2.34. The summed E-state index contributed by atoms with van der Waals surface area (Å²) in [5.41, 5.74) is 1.77. The molecular formula is C30H35F3N2O3S. The van der Waals surface area contributed by atoms with Crippen LogP contribution in [0.25, 0.3) is 0 Å². The fraction of sp³-hybridized carbons (Fsp3) is 0.267. The van der Waals surface area contributed by atoms with Crippen molar-refractivity contribution in [2.24, 2.45) is 0 Å². The largest absolute Gasteiger partial charge is 0.489 e. The first kappa shape index (κ1) is 31.7. The van der Waals surface area contributed by atoms with E-state index in [-0.39, 0.29) is 12.6 Å². The van der Waals surface area contributed by atoms with Crippen LogP contribution in [0.4, 0.5) is 13.2 Å². The van der Waals surface area contributed by atoms with Crippen LogP contribution in [0.5, 0.6) is 5.75 Å². The Morgan fingerprint density at radius 3 is 2.41 bits per heavy atom. The van der Waals surface area contributed by atoms with Gasteiger partial charge in [-0.25, -0.2) is 8.51 Å². The third-order valence-corrected chi connectivity index (χ3v) is 8.04. The highest BCUT2D eigenvalue weighted by Gasteiger charge is 2.30. The summed E-state index contributed by atoms with van der Waals surface area (Å²) >= 11 is 0. The van der Waals surface area contributed by atoms with Crippen molar-refractivity contribution in [3.05, 3.63) is 113 Å². The van der Waals surface area contributed by atoms with Crippen LogP contribution in [0.2, 0.25) is 0 Å². The molecule has 1 amide bonds. The summed E-state index contributed by atoms with van der Waals surface area (Å²) in [5, 5.41) is 2.54. The number of nitrogens with one attached hydrogen (secondary N) is 1. The molecule has 0 aliphatic carbocycles. The molecule has 1 aliphatic rings. The molecule has 2 aromatic rings. The maximum absolute atomic E-state index is 12.8. The van der Waals surface area contributed by atoms with Gasteiger partial charge in [0, 0.05) is 24.0 Å². The van der Waals surface area contributed by atoms with Crippen molar-refractivity contribution >= 4 is 22.0 Å². The van der Waals surface area contributed by atoms with E-state index < -0.39 is 21.4 Å². The average molecular weight is 561 g/mol. The number of hydrogen-bond donors (Lipinski definition) is 1. The molecule has 3 rings (SSSR count). The lowest BCUT2D eigenvalue weighted by molar-refractivity contribution is -0.137. The van der Waals surface area contributed by atoms with Gasteiger partial charge in [-0.3, -0.25) is 4.79 Å². The van der Waals surface area contributed by atoms with Gasteiger partial charge < -0.3 is 10.1 Å². The van der Waals surface area contributed by atoms with Gasteiger partial charge in [-0.15, -0.1) is 0 Å². The van der Waals surface area contributed by atoms with Crippen molar-refractivity contribution in [3.63, 3.8) is 0 Å². The van der Waals surface area contributed by atoms with Crippen LogP contribution in [0.3, 0.4) is 0 Å². The van der Waals surface area contributed by atoms with Gasteiger partial charge in [-0.1, -0.05) is 60.7 Å². The molecular weight excluding hydrogens is 525 g/mol. The van der Waals surface area contributed by atoms with Gasteiger partial charge in [0.15, 0.2) is 0 Å². The maximum Gasteiger partial charge on any atom is 0.416 e. The van der Waals surface area contributed by atoms with Crippen molar-refractivity contribution < 1.29 is 26.9 Å². The third kappa shape index (κ3) is 9.92. The van der Waals surface area contributed by atoms with Crippen LogP contribution in [0.15, 0.2) is 96.0 Å². The first-order valence-electron chi connectivity index (χ1n) is 12.2. The third-order valence-electron chi connectivity index (χ3n) is 5.69. The van der Waals surface area contributed by atoms with E-state index in [0.29, 0.717) is 30.8 Å². The van der Waals surface area contributed by atoms with Crippen LogP contribution in [0, 0.1) is 0 Å². The topological polar surface area (TPSA) is 58.6 Å². The Balaban J connectivity index is 0.000000283.